The molecule has 1 fully saturated rings. The van der Waals surface area contributed by atoms with Crippen LogP contribution in [-0.2, 0) is 26.2 Å². The summed E-state index contributed by atoms with van der Waals surface area (Å²) in [6, 6.07) is 5.76. The maximum absolute atomic E-state index is 14.2. The number of piperazine rings is 1. The summed E-state index contributed by atoms with van der Waals surface area (Å²) in [5, 5.41) is 15.8. The number of nitrogens with one attached hydrogen (secondary N) is 1. The molecule has 0 spiro atoms. The quantitative estimate of drug-likeness (QED) is 0.441. The van der Waals surface area contributed by atoms with Gasteiger partial charge >= 0.3 is 12.4 Å². The molecule has 2 aromatic rings. The van der Waals surface area contributed by atoms with E-state index in [2.05, 4.69) is 10.5 Å². The van der Waals surface area contributed by atoms with Crippen LogP contribution >= 0.6 is 11.6 Å². The van der Waals surface area contributed by atoms with Gasteiger partial charge in [0.2, 0.25) is 11.8 Å². The van der Waals surface area contributed by atoms with Gasteiger partial charge in [0.1, 0.15) is 6.23 Å². The van der Waals surface area contributed by atoms with Gasteiger partial charge in [-0.3, -0.25) is 19.8 Å². The van der Waals surface area contributed by atoms with E-state index in [1.165, 1.54) is 23.1 Å². The molecule has 0 saturated carbocycles. The lowest BCUT2D eigenvalue weighted by atomic mass is 9.85. The Morgan fingerprint density at radius 2 is 1.73 bits per heavy atom. The van der Waals surface area contributed by atoms with Gasteiger partial charge in [-0.05, 0) is 47.9 Å². The Kier molecular flexibility index (Phi) is 6.76. The molecular weight excluding hydrogens is 532 g/mol. The molecule has 0 aliphatic carbocycles. The Morgan fingerprint density at radius 3 is 2.30 bits per heavy atom. The number of hydrogen-bond donors (Lipinski definition) is 2. The molecule has 2 aromatic carbocycles. The smallest absolute Gasteiger partial charge is 0.374 e. The van der Waals surface area contributed by atoms with Crippen molar-refractivity contribution in [3.8, 4) is 0 Å². The predicted molar refractivity (Wildman–Crippen MR) is 117 cm³/mol. The number of aliphatic hydroxyl groups is 1. The summed E-state index contributed by atoms with van der Waals surface area (Å²) in [5.74, 6) is -1.19. The molecular formula is C23H18ClF6N3O4. The largest absolute Gasteiger partial charge is 0.435 e. The summed E-state index contributed by atoms with van der Waals surface area (Å²) in [5.41, 5.74) is -4.76. The van der Waals surface area contributed by atoms with Crippen molar-refractivity contribution in [2.75, 3.05) is 13.1 Å². The van der Waals surface area contributed by atoms with E-state index >= 15 is 0 Å². The van der Waals surface area contributed by atoms with Crippen LogP contribution in [0.1, 0.15) is 40.5 Å². The van der Waals surface area contributed by atoms with Gasteiger partial charge in [-0.25, -0.2) is 0 Å². The molecule has 1 saturated heterocycles. The third kappa shape index (κ3) is 5.15. The fourth-order valence-corrected chi connectivity index (χ4v) is 4.45. The van der Waals surface area contributed by atoms with Gasteiger partial charge in [0.25, 0.3) is 5.60 Å². The van der Waals surface area contributed by atoms with Crippen molar-refractivity contribution in [1.29, 1.82) is 0 Å². The number of alkyl halides is 6. The molecule has 7 nitrogen and oxygen atoms in total. The average Bonchev–Trinajstić information content (AvgIpc) is 3.24. The van der Waals surface area contributed by atoms with Crippen LogP contribution in [0.3, 0.4) is 0 Å². The van der Waals surface area contributed by atoms with Crippen molar-refractivity contribution < 1.29 is 45.9 Å². The molecule has 14 heteroatoms. The van der Waals surface area contributed by atoms with Crippen LogP contribution in [0.25, 0.3) is 0 Å². The van der Waals surface area contributed by atoms with Crippen LogP contribution < -0.4 is 5.32 Å². The normalized spacial score (nSPS) is 21.9. The number of oxime groups is 1. The maximum Gasteiger partial charge on any atom is 0.435 e. The first kappa shape index (κ1) is 26.9. The van der Waals surface area contributed by atoms with E-state index in [4.69, 9.17) is 16.4 Å². The lowest BCUT2D eigenvalue weighted by Crippen LogP contribution is -2.52. The Balaban J connectivity index is 1.64. The Hall–Kier alpha value is -3.16. The molecule has 198 valence electrons. The van der Waals surface area contributed by atoms with Gasteiger partial charge in [0, 0.05) is 17.0 Å². The summed E-state index contributed by atoms with van der Waals surface area (Å²) < 4.78 is 82.5. The number of rotatable bonds is 4. The third-order valence-electron chi connectivity index (χ3n) is 6.08. The minimum absolute atomic E-state index is 0.171. The van der Waals surface area contributed by atoms with E-state index in [0.717, 1.165) is 6.07 Å². The minimum Gasteiger partial charge on any atom is -0.374 e. The number of amides is 2. The highest BCUT2D eigenvalue weighted by Crippen LogP contribution is 2.50. The van der Waals surface area contributed by atoms with Gasteiger partial charge in [-0.15, -0.1) is 0 Å². The van der Waals surface area contributed by atoms with Crippen LogP contribution in [0.5, 0.6) is 0 Å². The number of halogens is 7. The fraction of sp³-hybridized carbons (Fsp3) is 0.348. The molecule has 2 aliphatic rings. The van der Waals surface area contributed by atoms with E-state index in [0.29, 0.717) is 17.7 Å². The zero-order valence-corrected chi connectivity index (χ0v) is 19.6. The highest BCUT2D eigenvalue weighted by Gasteiger charge is 2.62. The third-order valence-corrected chi connectivity index (χ3v) is 6.29. The molecule has 0 radical (unpaired) electrons. The van der Waals surface area contributed by atoms with Gasteiger partial charge in [-0.2, -0.15) is 26.3 Å². The Morgan fingerprint density at radius 1 is 1.08 bits per heavy atom. The fourth-order valence-electron chi connectivity index (χ4n) is 4.22. The molecule has 2 atom stereocenters. The van der Waals surface area contributed by atoms with E-state index in [-0.39, 0.29) is 29.9 Å². The van der Waals surface area contributed by atoms with E-state index in [1.54, 1.807) is 6.92 Å². The van der Waals surface area contributed by atoms with Crippen LogP contribution in [0, 0.1) is 6.92 Å². The van der Waals surface area contributed by atoms with Crippen molar-refractivity contribution in [1.82, 2.24) is 10.2 Å². The van der Waals surface area contributed by atoms with Gasteiger partial charge < -0.3 is 9.94 Å². The molecule has 37 heavy (non-hydrogen) atoms. The topological polar surface area (TPSA) is 91.2 Å². The molecule has 2 aliphatic heterocycles. The molecule has 2 unspecified atom stereocenters. The summed E-state index contributed by atoms with van der Waals surface area (Å²) in [7, 11) is 0. The molecule has 2 heterocycles. The van der Waals surface area contributed by atoms with Crippen molar-refractivity contribution in [2.45, 2.75) is 37.5 Å². The Bertz CT molecular complexity index is 1280. The van der Waals surface area contributed by atoms with E-state index in [1.807, 2.05) is 0 Å². The standard InChI is InChI=1S/C23H18ClF6N3O4/c1-11-4-12(2-3-16(11)20(36)33-9-18(34)31-19(35)10-33)17-8-21(37-32-17,23(28,29)30)13-5-14(22(25,26)27)7-15(24)6-13/h2-7,20,36H,8-10H2,1H3,(H,31,34,35). The summed E-state index contributed by atoms with van der Waals surface area (Å²) in [6.45, 7) is 1.05. The van der Waals surface area contributed by atoms with E-state index in [9.17, 15) is 41.0 Å². The number of benzene rings is 2. The molecule has 2 N–H and O–H groups in total. The highest BCUT2D eigenvalue weighted by atomic mass is 35.5. The second-order valence-corrected chi connectivity index (χ2v) is 9.11. The van der Waals surface area contributed by atoms with Crippen LogP contribution in [0.4, 0.5) is 26.3 Å². The average molecular weight is 550 g/mol. The maximum atomic E-state index is 14.2. The van der Waals surface area contributed by atoms with E-state index < -0.39 is 58.6 Å². The highest BCUT2D eigenvalue weighted by molar-refractivity contribution is 6.30. The zero-order chi connectivity index (χ0) is 27.3. The van der Waals surface area contributed by atoms with Gasteiger partial charge in [0.05, 0.1) is 24.4 Å². The number of carbonyl (C=O) groups is 2. The summed E-state index contributed by atoms with van der Waals surface area (Å²) in [6.07, 6.45) is -12.4. The van der Waals surface area contributed by atoms with Crippen molar-refractivity contribution in [3.63, 3.8) is 0 Å². The van der Waals surface area contributed by atoms with Crippen LogP contribution in [0.2, 0.25) is 5.02 Å². The number of carbonyl (C=O) groups excluding carboxylic acids is 2. The molecule has 0 aromatic heterocycles. The SMILES string of the molecule is Cc1cc(C2=NOC(c3cc(Cl)cc(C(F)(F)F)c3)(C(F)(F)F)C2)ccc1C(O)N1CC(=O)NC(=O)C1. The first-order valence-corrected chi connectivity index (χ1v) is 11.0. The number of imide groups is 1. The van der Waals surface area contributed by atoms with Crippen molar-refractivity contribution >= 4 is 29.1 Å². The molecule has 0 bridgehead atoms. The molecule has 2 amide bonds. The lowest BCUT2D eigenvalue weighted by molar-refractivity contribution is -0.276. The summed E-state index contributed by atoms with van der Waals surface area (Å²) >= 11 is 5.72. The second-order valence-electron chi connectivity index (χ2n) is 8.68. The van der Waals surface area contributed by atoms with Gasteiger partial charge in [0.15, 0.2) is 0 Å². The monoisotopic (exact) mass is 549 g/mol. The number of hydrogen-bond acceptors (Lipinski definition) is 6. The number of aryl methyl sites for hydroxylation is 1. The van der Waals surface area contributed by atoms with Crippen molar-refractivity contribution in [2.24, 2.45) is 5.16 Å². The van der Waals surface area contributed by atoms with Crippen LogP contribution in [0.15, 0.2) is 41.6 Å². The van der Waals surface area contributed by atoms with Crippen molar-refractivity contribution in [3.05, 3.63) is 69.2 Å². The van der Waals surface area contributed by atoms with Gasteiger partial charge in [-0.1, -0.05) is 28.9 Å². The lowest BCUT2D eigenvalue weighted by Gasteiger charge is -2.31. The predicted octanol–water partition coefficient (Wildman–Crippen LogP) is 4.20. The molecule has 4 rings (SSSR count). The second kappa shape index (κ2) is 9.30. The van der Waals surface area contributed by atoms with Crippen LogP contribution in [-0.4, -0.2) is 46.8 Å². The minimum atomic E-state index is -5.15. The first-order chi connectivity index (χ1) is 17.1. The first-order valence-electron chi connectivity index (χ1n) is 10.7. The Labute approximate surface area is 210 Å². The number of nitrogens with zero attached hydrogens (tertiary/aromatic N) is 2. The zero-order valence-electron chi connectivity index (χ0n) is 18.9. The summed E-state index contributed by atoms with van der Waals surface area (Å²) in [4.78, 5) is 29.3. The number of aliphatic hydroxyl groups excluding tert-OH is 1.